The van der Waals surface area contributed by atoms with E-state index in [1.165, 1.54) is 6.07 Å². The van der Waals surface area contributed by atoms with E-state index >= 15 is 4.39 Å². The summed E-state index contributed by atoms with van der Waals surface area (Å²) in [7, 11) is 0. The standard InChI is InChI=1S/C31H31ClF2O/c1-2-3-4-19-35-28-17-14-24(30(33)21-28)10-6-23-9-18-29-26(20-23)13-12-25(31(29)34)11-5-22-7-15-27(32)16-8-22/h7-9,12-18,20-21H,2-6,10-11,19H2,1H3. The minimum absolute atomic E-state index is 0.163. The topological polar surface area (TPSA) is 9.23 Å². The van der Waals surface area contributed by atoms with Crippen LogP contribution in [0.2, 0.25) is 5.02 Å². The molecule has 35 heavy (non-hydrogen) atoms. The molecule has 0 spiro atoms. The first-order chi connectivity index (χ1) is 17.0. The Morgan fingerprint density at radius 3 is 2.20 bits per heavy atom. The van der Waals surface area contributed by atoms with Crippen molar-refractivity contribution in [1.29, 1.82) is 0 Å². The van der Waals surface area contributed by atoms with Crippen LogP contribution < -0.4 is 4.74 Å². The first-order valence-corrected chi connectivity index (χ1v) is 12.8. The Morgan fingerprint density at radius 2 is 1.43 bits per heavy atom. The van der Waals surface area contributed by atoms with Crippen LogP contribution in [0.25, 0.3) is 10.8 Å². The number of hydrogen-bond donors (Lipinski definition) is 0. The molecule has 0 bridgehead atoms. The second-order valence-corrected chi connectivity index (χ2v) is 9.47. The molecule has 0 heterocycles. The first-order valence-electron chi connectivity index (χ1n) is 12.4. The number of rotatable bonds is 11. The van der Waals surface area contributed by atoms with Gasteiger partial charge in [0.25, 0.3) is 0 Å². The fraction of sp³-hybridized carbons (Fsp3) is 0.290. The second kappa shape index (κ2) is 12.2. The molecule has 4 rings (SSSR count). The Hall–Kier alpha value is -2.91. The molecule has 0 saturated heterocycles. The molecule has 4 heteroatoms. The van der Waals surface area contributed by atoms with Crippen LogP contribution in [0.15, 0.2) is 72.8 Å². The van der Waals surface area contributed by atoms with Crippen molar-refractivity contribution in [2.45, 2.75) is 51.9 Å². The van der Waals surface area contributed by atoms with Crippen LogP contribution in [0.3, 0.4) is 0 Å². The van der Waals surface area contributed by atoms with E-state index in [1.807, 2.05) is 60.7 Å². The maximum absolute atomic E-state index is 15.2. The van der Waals surface area contributed by atoms with Crippen LogP contribution in [-0.2, 0) is 25.7 Å². The van der Waals surface area contributed by atoms with Crippen LogP contribution in [0.1, 0.15) is 48.4 Å². The summed E-state index contributed by atoms with van der Waals surface area (Å²) < 4.78 is 35.4. The van der Waals surface area contributed by atoms with Gasteiger partial charge in [0.1, 0.15) is 17.4 Å². The molecule has 0 unspecified atom stereocenters. The van der Waals surface area contributed by atoms with Gasteiger partial charge in [0.15, 0.2) is 0 Å². The largest absolute Gasteiger partial charge is 0.493 e. The highest BCUT2D eigenvalue weighted by Crippen LogP contribution is 2.25. The number of halogens is 3. The Bertz CT molecular complexity index is 1270. The minimum atomic E-state index is -0.241. The molecule has 0 aromatic heterocycles. The molecule has 0 amide bonds. The lowest BCUT2D eigenvalue weighted by Crippen LogP contribution is -2.00. The van der Waals surface area contributed by atoms with Crippen LogP contribution in [-0.4, -0.2) is 6.61 Å². The molecule has 0 aliphatic heterocycles. The summed E-state index contributed by atoms with van der Waals surface area (Å²) in [5.41, 5.74) is 3.56. The van der Waals surface area contributed by atoms with Crippen molar-refractivity contribution in [3.63, 3.8) is 0 Å². The van der Waals surface area contributed by atoms with Crippen LogP contribution in [0.4, 0.5) is 8.78 Å². The summed E-state index contributed by atoms with van der Waals surface area (Å²) in [6.07, 6.45) is 5.87. The number of hydrogen-bond acceptors (Lipinski definition) is 1. The van der Waals surface area contributed by atoms with E-state index in [0.717, 1.165) is 42.2 Å². The zero-order valence-corrected chi connectivity index (χ0v) is 20.9. The minimum Gasteiger partial charge on any atom is -0.493 e. The van der Waals surface area contributed by atoms with Crippen molar-refractivity contribution < 1.29 is 13.5 Å². The van der Waals surface area contributed by atoms with Crippen molar-refractivity contribution in [2.24, 2.45) is 0 Å². The lowest BCUT2D eigenvalue weighted by molar-refractivity contribution is 0.304. The molecule has 0 fully saturated rings. The van der Waals surface area contributed by atoms with Gasteiger partial charge in [0.2, 0.25) is 0 Å². The highest BCUT2D eigenvalue weighted by Gasteiger charge is 2.10. The van der Waals surface area contributed by atoms with Gasteiger partial charge in [-0.3, -0.25) is 0 Å². The summed E-state index contributed by atoms with van der Waals surface area (Å²) in [5.74, 6) is 0.175. The van der Waals surface area contributed by atoms with Gasteiger partial charge in [-0.05, 0) is 77.9 Å². The average Bonchev–Trinajstić information content (AvgIpc) is 2.87. The van der Waals surface area contributed by atoms with Gasteiger partial charge in [-0.25, -0.2) is 8.78 Å². The molecule has 0 radical (unpaired) electrons. The van der Waals surface area contributed by atoms with Crippen LogP contribution in [0.5, 0.6) is 5.75 Å². The Kier molecular flexibility index (Phi) is 8.76. The predicted octanol–water partition coefficient (Wildman–Crippen LogP) is 8.91. The Balaban J connectivity index is 1.38. The van der Waals surface area contributed by atoms with E-state index in [0.29, 0.717) is 53.2 Å². The normalized spacial score (nSPS) is 11.2. The third kappa shape index (κ3) is 6.82. The molecule has 0 aliphatic rings. The molecule has 0 saturated carbocycles. The van der Waals surface area contributed by atoms with Crippen LogP contribution >= 0.6 is 11.6 Å². The second-order valence-electron chi connectivity index (χ2n) is 9.03. The quantitative estimate of drug-likeness (QED) is 0.190. The summed E-state index contributed by atoms with van der Waals surface area (Å²) >= 11 is 5.95. The first kappa shape index (κ1) is 25.2. The SMILES string of the molecule is CCCCCOc1ccc(CCc2ccc3c(F)c(CCc4ccc(Cl)cc4)ccc3c2)c(F)c1. The fourth-order valence-electron chi connectivity index (χ4n) is 4.31. The molecule has 1 nitrogen and oxygen atoms in total. The van der Waals surface area contributed by atoms with Crippen molar-refractivity contribution in [3.8, 4) is 5.75 Å². The van der Waals surface area contributed by atoms with Crippen molar-refractivity contribution in [2.75, 3.05) is 6.61 Å². The third-order valence-corrected chi connectivity index (χ3v) is 6.67. The lowest BCUT2D eigenvalue weighted by atomic mass is 9.97. The van der Waals surface area contributed by atoms with Gasteiger partial charge in [0, 0.05) is 16.5 Å². The van der Waals surface area contributed by atoms with Crippen LogP contribution in [0, 0.1) is 11.6 Å². The fourth-order valence-corrected chi connectivity index (χ4v) is 4.43. The zero-order chi connectivity index (χ0) is 24.6. The van der Waals surface area contributed by atoms with E-state index in [4.69, 9.17) is 16.3 Å². The van der Waals surface area contributed by atoms with Gasteiger partial charge in [-0.1, -0.05) is 79.9 Å². The van der Waals surface area contributed by atoms with E-state index in [-0.39, 0.29) is 11.6 Å². The molecule has 0 atom stereocenters. The van der Waals surface area contributed by atoms with E-state index in [2.05, 4.69) is 6.92 Å². The Morgan fingerprint density at radius 1 is 0.714 bits per heavy atom. The highest BCUT2D eigenvalue weighted by atomic mass is 35.5. The monoisotopic (exact) mass is 492 g/mol. The molecular weight excluding hydrogens is 462 g/mol. The predicted molar refractivity (Wildman–Crippen MR) is 142 cm³/mol. The number of unbranched alkanes of at least 4 members (excludes halogenated alkanes) is 2. The maximum Gasteiger partial charge on any atom is 0.134 e. The van der Waals surface area contributed by atoms with Crippen molar-refractivity contribution in [3.05, 3.63) is 112 Å². The average molecular weight is 493 g/mol. The number of benzene rings is 4. The van der Waals surface area contributed by atoms with E-state index in [1.54, 1.807) is 6.07 Å². The number of fused-ring (bicyclic) bond motifs is 1. The number of ether oxygens (including phenoxy) is 1. The van der Waals surface area contributed by atoms with Crippen molar-refractivity contribution in [1.82, 2.24) is 0 Å². The summed E-state index contributed by atoms with van der Waals surface area (Å²) in [4.78, 5) is 0. The molecule has 4 aromatic rings. The highest BCUT2D eigenvalue weighted by molar-refractivity contribution is 6.30. The zero-order valence-electron chi connectivity index (χ0n) is 20.1. The number of aryl methyl sites for hydroxylation is 4. The molecule has 0 aliphatic carbocycles. The Labute approximate surface area is 211 Å². The van der Waals surface area contributed by atoms with Gasteiger partial charge in [-0.15, -0.1) is 0 Å². The van der Waals surface area contributed by atoms with Gasteiger partial charge in [-0.2, -0.15) is 0 Å². The maximum atomic E-state index is 15.2. The summed E-state index contributed by atoms with van der Waals surface area (Å²) in [5, 5.41) is 2.19. The lowest BCUT2D eigenvalue weighted by Gasteiger charge is -2.10. The van der Waals surface area contributed by atoms with Gasteiger partial charge >= 0.3 is 0 Å². The molecular formula is C31H31ClF2O. The molecule has 182 valence electrons. The summed E-state index contributed by atoms with van der Waals surface area (Å²) in [6.45, 7) is 2.76. The van der Waals surface area contributed by atoms with Gasteiger partial charge < -0.3 is 4.74 Å². The van der Waals surface area contributed by atoms with Crippen molar-refractivity contribution >= 4 is 22.4 Å². The summed E-state index contributed by atoms with van der Waals surface area (Å²) in [6, 6.07) is 22.4. The van der Waals surface area contributed by atoms with E-state index < -0.39 is 0 Å². The van der Waals surface area contributed by atoms with E-state index in [9.17, 15) is 4.39 Å². The third-order valence-electron chi connectivity index (χ3n) is 6.42. The van der Waals surface area contributed by atoms with Gasteiger partial charge in [0.05, 0.1) is 6.61 Å². The molecule has 4 aromatic carbocycles. The molecule has 0 N–H and O–H groups in total. The smallest absolute Gasteiger partial charge is 0.134 e.